The van der Waals surface area contributed by atoms with Crippen molar-refractivity contribution in [2.75, 3.05) is 14.2 Å². The van der Waals surface area contributed by atoms with Crippen LogP contribution < -0.4 is 10.3 Å². The number of fused-ring (bicyclic) bond motifs is 1. The van der Waals surface area contributed by atoms with E-state index in [1.165, 1.54) is 16.5 Å². The maximum absolute atomic E-state index is 12.9. The zero-order chi connectivity index (χ0) is 21.8. The Kier molecular flexibility index (Phi) is 6.03. The van der Waals surface area contributed by atoms with Crippen molar-refractivity contribution in [1.29, 1.82) is 0 Å². The first-order valence-electron chi connectivity index (χ1n) is 9.46. The minimum Gasteiger partial charge on any atom is -0.497 e. The molecule has 0 unspecified atom stereocenters. The van der Waals surface area contributed by atoms with Gasteiger partial charge in [0, 0.05) is 21.4 Å². The average molecular weight is 436 g/mol. The smallest absolute Gasteiger partial charge is 0.327 e. The molecule has 0 radical (unpaired) electrons. The number of nitrogens with zero attached hydrogens (tertiary/aromatic N) is 4. The van der Waals surface area contributed by atoms with Gasteiger partial charge in [0.15, 0.2) is 0 Å². The number of hydrogen-bond donors (Lipinski definition) is 0. The Balaban J connectivity index is 1.53. The average Bonchev–Trinajstić information content (AvgIpc) is 3.23. The van der Waals surface area contributed by atoms with Crippen LogP contribution >= 0.6 is 11.8 Å². The highest BCUT2D eigenvalue weighted by Crippen LogP contribution is 2.30. The third-order valence-corrected chi connectivity index (χ3v) is 5.64. The molecule has 2 heterocycles. The van der Waals surface area contributed by atoms with Crippen molar-refractivity contribution in [2.45, 2.75) is 22.9 Å². The summed E-state index contributed by atoms with van der Waals surface area (Å²) in [4.78, 5) is 26.3. The van der Waals surface area contributed by atoms with Gasteiger partial charge in [-0.25, -0.2) is 4.68 Å². The van der Waals surface area contributed by atoms with Gasteiger partial charge in [-0.1, -0.05) is 11.8 Å². The molecule has 158 valence electrons. The number of ether oxygens (including phenoxy) is 2. The van der Waals surface area contributed by atoms with Crippen LogP contribution in [0.15, 0.2) is 75.5 Å². The van der Waals surface area contributed by atoms with Gasteiger partial charge in [-0.2, -0.15) is 10.2 Å². The third kappa shape index (κ3) is 4.77. The molecule has 2 aromatic carbocycles. The second-order valence-corrected chi connectivity index (χ2v) is 7.86. The van der Waals surface area contributed by atoms with Crippen LogP contribution in [0, 0.1) is 0 Å². The Morgan fingerprint density at radius 1 is 1.06 bits per heavy atom. The fraction of sp³-hybridized carbons (Fsp3) is 0.182. The molecule has 0 atom stereocenters. The summed E-state index contributed by atoms with van der Waals surface area (Å²) in [6.07, 6.45) is 3.35. The van der Waals surface area contributed by atoms with Crippen LogP contribution in [0.5, 0.6) is 5.75 Å². The summed E-state index contributed by atoms with van der Waals surface area (Å²) in [5.74, 6) is 0.418. The Hall–Kier alpha value is -3.59. The van der Waals surface area contributed by atoms with Crippen molar-refractivity contribution in [2.24, 2.45) is 0 Å². The van der Waals surface area contributed by atoms with E-state index in [1.54, 1.807) is 37.3 Å². The van der Waals surface area contributed by atoms with Gasteiger partial charge in [-0.05, 0) is 48.5 Å². The monoisotopic (exact) mass is 436 g/mol. The van der Waals surface area contributed by atoms with Gasteiger partial charge in [0.05, 0.1) is 38.0 Å². The number of hydrogen-bond acceptors (Lipinski definition) is 7. The SMILES string of the molecule is COC(=O)Cn1ccc(Cn2ncc3cc(Sc4ccc(OC)cc4)ccc3c2=O)n1. The van der Waals surface area contributed by atoms with Gasteiger partial charge in [-0.3, -0.25) is 14.3 Å². The minimum atomic E-state index is -0.390. The van der Waals surface area contributed by atoms with E-state index >= 15 is 0 Å². The third-order valence-electron chi connectivity index (χ3n) is 4.65. The van der Waals surface area contributed by atoms with E-state index in [-0.39, 0.29) is 24.6 Å². The summed E-state index contributed by atoms with van der Waals surface area (Å²) in [5, 5.41) is 9.95. The number of carbonyl (C=O) groups excluding carboxylic acids is 1. The van der Waals surface area contributed by atoms with E-state index in [0.29, 0.717) is 11.1 Å². The van der Waals surface area contributed by atoms with Crippen LogP contribution in [-0.2, 0) is 22.6 Å². The van der Waals surface area contributed by atoms with Crippen LogP contribution in [0.1, 0.15) is 5.69 Å². The number of esters is 1. The van der Waals surface area contributed by atoms with E-state index in [0.717, 1.165) is 20.9 Å². The summed E-state index contributed by atoms with van der Waals surface area (Å²) < 4.78 is 12.7. The summed E-state index contributed by atoms with van der Waals surface area (Å²) in [6, 6.07) is 15.2. The lowest BCUT2D eigenvalue weighted by atomic mass is 10.2. The quantitative estimate of drug-likeness (QED) is 0.412. The van der Waals surface area contributed by atoms with Crippen molar-refractivity contribution < 1.29 is 14.3 Å². The lowest BCUT2D eigenvalue weighted by Gasteiger charge is -2.07. The highest BCUT2D eigenvalue weighted by atomic mass is 32.2. The van der Waals surface area contributed by atoms with E-state index < -0.39 is 0 Å². The van der Waals surface area contributed by atoms with E-state index in [2.05, 4.69) is 14.9 Å². The zero-order valence-electron chi connectivity index (χ0n) is 17.0. The molecular formula is C22H20N4O4S. The molecular weight excluding hydrogens is 416 g/mol. The summed E-state index contributed by atoms with van der Waals surface area (Å²) in [6.45, 7) is 0.233. The maximum atomic E-state index is 12.9. The summed E-state index contributed by atoms with van der Waals surface area (Å²) in [7, 11) is 2.96. The fourth-order valence-corrected chi connectivity index (χ4v) is 3.91. The van der Waals surface area contributed by atoms with Gasteiger partial charge < -0.3 is 9.47 Å². The topological polar surface area (TPSA) is 88.2 Å². The lowest BCUT2D eigenvalue weighted by molar-refractivity contribution is -0.141. The fourth-order valence-electron chi connectivity index (χ4n) is 3.05. The normalized spacial score (nSPS) is 10.9. The Morgan fingerprint density at radius 2 is 1.84 bits per heavy atom. The van der Waals surface area contributed by atoms with Crippen molar-refractivity contribution in [3.05, 3.63) is 77.0 Å². The molecule has 8 nitrogen and oxygen atoms in total. The molecule has 0 N–H and O–H groups in total. The zero-order valence-corrected chi connectivity index (χ0v) is 17.8. The van der Waals surface area contributed by atoms with Crippen LogP contribution in [0.4, 0.5) is 0 Å². The summed E-state index contributed by atoms with van der Waals surface area (Å²) in [5.41, 5.74) is 0.436. The molecule has 0 aliphatic rings. The molecule has 4 rings (SSSR count). The minimum absolute atomic E-state index is 0.0190. The van der Waals surface area contributed by atoms with Crippen molar-refractivity contribution in [3.8, 4) is 5.75 Å². The molecule has 31 heavy (non-hydrogen) atoms. The molecule has 0 saturated heterocycles. The molecule has 4 aromatic rings. The van der Waals surface area contributed by atoms with E-state index in [4.69, 9.17) is 4.74 Å². The lowest BCUT2D eigenvalue weighted by Crippen LogP contribution is -2.23. The van der Waals surface area contributed by atoms with Crippen molar-refractivity contribution >= 4 is 28.5 Å². The Bertz CT molecular complexity index is 1280. The number of aromatic nitrogens is 4. The van der Waals surface area contributed by atoms with Gasteiger partial charge in [0.2, 0.25) is 0 Å². The first-order chi connectivity index (χ1) is 15.1. The molecule has 0 amide bonds. The summed E-state index contributed by atoms with van der Waals surface area (Å²) >= 11 is 1.60. The highest BCUT2D eigenvalue weighted by molar-refractivity contribution is 7.99. The van der Waals surface area contributed by atoms with Crippen molar-refractivity contribution in [1.82, 2.24) is 19.6 Å². The predicted octanol–water partition coefficient (Wildman–Crippen LogP) is 2.97. The van der Waals surface area contributed by atoms with Gasteiger partial charge in [0.1, 0.15) is 12.3 Å². The predicted molar refractivity (Wildman–Crippen MR) is 116 cm³/mol. The molecule has 0 fully saturated rings. The second-order valence-electron chi connectivity index (χ2n) is 6.71. The number of methoxy groups -OCH3 is 2. The molecule has 0 saturated carbocycles. The highest BCUT2D eigenvalue weighted by Gasteiger charge is 2.09. The first-order valence-corrected chi connectivity index (χ1v) is 10.3. The van der Waals surface area contributed by atoms with Gasteiger partial charge >= 0.3 is 5.97 Å². The maximum Gasteiger partial charge on any atom is 0.327 e. The molecule has 0 aliphatic carbocycles. The molecule has 0 spiro atoms. The van der Waals surface area contributed by atoms with E-state index in [9.17, 15) is 9.59 Å². The second kappa shape index (κ2) is 9.05. The Morgan fingerprint density at radius 3 is 2.58 bits per heavy atom. The van der Waals surface area contributed by atoms with Crippen LogP contribution in [-0.4, -0.2) is 39.7 Å². The van der Waals surface area contributed by atoms with Crippen LogP contribution in [0.3, 0.4) is 0 Å². The first kappa shape index (κ1) is 20.7. The molecule has 9 heteroatoms. The largest absolute Gasteiger partial charge is 0.497 e. The van der Waals surface area contributed by atoms with Crippen molar-refractivity contribution in [3.63, 3.8) is 0 Å². The Labute approximate surface area is 182 Å². The number of benzene rings is 2. The number of rotatable bonds is 7. The number of carbonyl (C=O) groups is 1. The molecule has 0 bridgehead atoms. The van der Waals surface area contributed by atoms with Crippen LogP contribution in [0.2, 0.25) is 0 Å². The van der Waals surface area contributed by atoms with E-state index in [1.807, 2.05) is 42.5 Å². The molecule has 2 aromatic heterocycles. The van der Waals surface area contributed by atoms with Gasteiger partial charge in [-0.15, -0.1) is 0 Å². The standard InChI is InChI=1S/C22H20N4O4S/c1-29-17-3-5-18(6-4-17)31-19-7-8-20-15(11-19)12-23-26(22(20)28)13-16-9-10-25(24-16)14-21(27)30-2/h3-12H,13-14H2,1-2H3. The molecule has 0 aliphatic heterocycles. The van der Waals surface area contributed by atoms with Crippen LogP contribution in [0.25, 0.3) is 10.8 Å². The van der Waals surface area contributed by atoms with Gasteiger partial charge in [0.25, 0.3) is 5.56 Å².